The highest BCUT2D eigenvalue weighted by molar-refractivity contribution is 6.11. The second kappa shape index (κ2) is 6.88. The van der Waals surface area contributed by atoms with Crippen LogP contribution >= 0.6 is 0 Å². The molecule has 4 rings (SSSR count). The summed E-state index contributed by atoms with van der Waals surface area (Å²) in [7, 11) is 4.81. The van der Waals surface area contributed by atoms with E-state index in [1.807, 2.05) is 49.4 Å². The molecule has 0 aliphatic heterocycles. The summed E-state index contributed by atoms with van der Waals surface area (Å²) >= 11 is 0. The maximum Gasteiger partial charge on any atom is 0.274 e. The number of benzene rings is 2. The zero-order valence-electron chi connectivity index (χ0n) is 16.1. The lowest BCUT2D eigenvalue weighted by molar-refractivity contribution is 0.356. The van der Waals surface area contributed by atoms with Gasteiger partial charge in [0.2, 0.25) is 0 Å². The third-order valence-corrected chi connectivity index (χ3v) is 4.80. The van der Waals surface area contributed by atoms with Crippen molar-refractivity contribution in [3.8, 4) is 28.5 Å². The summed E-state index contributed by atoms with van der Waals surface area (Å²) in [4.78, 5) is 20.2. The van der Waals surface area contributed by atoms with Crippen molar-refractivity contribution in [2.75, 3.05) is 21.3 Å². The second-order valence-electron chi connectivity index (χ2n) is 6.49. The van der Waals surface area contributed by atoms with Crippen LogP contribution in [-0.4, -0.2) is 31.3 Å². The maximum absolute atomic E-state index is 12.6. The van der Waals surface area contributed by atoms with Crippen molar-refractivity contribution >= 4 is 21.7 Å². The third kappa shape index (κ3) is 2.83. The number of nitrogens with zero attached hydrogens (tertiary/aromatic N) is 1. The monoisotopic (exact) mass is 376 g/mol. The van der Waals surface area contributed by atoms with Crippen molar-refractivity contribution < 1.29 is 14.2 Å². The molecule has 142 valence electrons. The van der Waals surface area contributed by atoms with E-state index in [9.17, 15) is 4.79 Å². The van der Waals surface area contributed by atoms with Crippen LogP contribution in [0.15, 0.2) is 47.3 Å². The summed E-state index contributed by atoms with van der Waals surface area (Å²) in [6.45, 7) is 1.85. The van der Waals surface area contributed by atoms with Crippen LogP contribution in [0.3, 0.4) is 0 Å². The van der Waals surface area contributed by atoms with Crippen molar-refractivity contribution in [1.29, 1.82) is 0 Å². The van der Waals surface area contributed by atoms with Gasteiger partial charge in [0.15, 0.2) is 11.5 Å². The Morgan fingerprint density at radius 2 is 1.46 bits per heavy atom. The first-order valence-corrected chi connectivity index (χ1v) is 8.79. The van der Waals surface area contributed by atoms with Gasteiger partial charge in [0.05, 0.1) is 27.0 Å². The fourth-order valence-corrected chi connectivity index (χ4v) is 3.44. The van der Waals surface area contributed by atoms with E-state index < -0.39 is 0 Å². The molecule has 0 aliphatic rings. The summed E-state index contributed by atoms with van der Waals surface area (Å²) < 4.78 is 16.2. The molecular weight excluding hydrogens is 356 g/mol. The Kier molecular flexibility index (Phi) is 4.39. The minimum atomic E-state index is -0.221. The van der Waals surface area contributed by atoms with Gasteiger partial charge >= 0.3 is 0 Å². The van der Waals surface area contributed by atoms with Crippen LogP contribution in [0.1, 0.15) is 5.69 Å². The number of hydrogen-bond donors (Lipinski definition) is 1. The number of aromatic amines is 1. The van der Waals surface area contributed by atoms with Crippen molar-refractivity contribution in [2.24, 2.45) is 0 Å². The molecule has 0 atom stereocenters. The number of aromatic nitrogens is 2. The lowest BCUT2D eigenvalue weighted by atomic mass is 9.99. The fraction of sp³-hybridized carbons (Fsp3) is 0.182. The normalized spacial score (nSPS) is 11.0. The molecule has 2 aromatic carbocycles. The number of aryl methyl sites for hydroxylation is 1. The average Bonchev–Trinajstić information content (AvgIpc) is 2.72. The fourth-order valence-electron chi connectivity index (χ4n) is 3.44. The number of hydrogen-bond acceptors (Lipinski definition) is 5. The zero-order chi connectivity index (χ0) is 19.8. The van der Waals surface area contributed by atoms with E-state index in [4.69, 9.17) is 19.2 Å². The molecule has 0 bridgehead atoms. The van der Waals surface area contributed by atoms with Gasteiger partial charge in [0.25, 0.3) is 5.56 Å². The molecule has 6 nitrogen and oxygen atoms in total. The molecule has 4 aromatic rings. The maximum atomic E-state index is 12.6. The minimum Gasteiger partial charge on any atom is -0.497 e. The van der Waals surface area contributed by atoms with Gasteiger partial charge in [-0.25, -0.2) is 4.98 Å². The summed E-state index contributed by atoms with van der Waals surface area (Å²) in [5, 5.41) is 2.53. The van der Waals surface area contributed by atoms with Gasteiger partial charge in [-0.15, -0.1) is 0 Å². The molecule has 2 heterocycles. The minimum absolute atomic E-state index is 0.221. The van der Waals surface area contributed by atoms with Crippen LogP contribution in [0.5, 0.6) is 17.2 Å². The van der Waals surface area contributed by atoms with E-state index in [0.717, 1.165) is 33.2 Å². The molecule has 0 amide bonds. The largest absolute Gasteiger partial charge is 0.497 e. The summed E-state index contributed by atoms with van der Waals surface area (Å²) in [5.74, 6) is 1.95. The summed E-state index contributed by atoms with van der Waals surface area (Å²) in [6.07, 6.45) is 0. The predicted octanol–water partition coefficient (Wildman–Crippen LogP) is 4.08. The number of pyridine rings is 2. The first-order chi connectivity index (χ1) is 13.5. The van der Waals surface area contributed by atoms with Gasteiger partial charge < -0.3 is 19.2 Å². The lowest BCUT2D eigenvalue weighted by Gasteiger charge is -2.14. The molecular formula is C22H20N2O4. The Bertz CT molecular complexity index is 1240. The highest BCUT2D eigenvalue weighted by Crippen LogP contribution is 2.39. The quantitative estimate of drug-likeness (QED) is 0.543. The van der Waals surface area contributed by atoms with E-state index >= 15 is 0 Å². The number of fused-ring (bicyclic) bond motifs is 3. The van der Waals surface area contributed by atoms with E-state index in [-0.39, 0.29) is 5.56 Å². The molecule has 0 radical (unpaired) electrons. The van der Waals surface area contributed by atoms with Gasteiger partial charge in [-0.3, -0.25) is 4.79 Å². The zero-order valence-corrected chi connectivity index (χ0v) is 16.1. The number of nitrogens with one attached hydrogen (secondary N) is 1. The molecule has 6 heteroatoms. The SMILES string of the molecule is COc1ccc(-c2nc3c(=O)[nH]c(C)cc3c3cc(OC)c(OC)cc23)cc1. The van der Waals surface area contributed by atoms with Gasteiger partial charge in [-0.2, -0.15) is 0 Å². The van der Waals surface area contributed by atoms with E-state index in [1.54, 1.807) is 21.3 Å². The van der Waals surface area contributed by atoms with E-state index in [2.05, 4.69) is 4.98 Å². The molecule has 0 spiro atoms. The Morgan fingerprint density at radius 1 is 0.821 bits per heavy atom. The molecule has 1 N–H and O–H groups in total. The van der Waals surface area contributed by atoms with Crippen molar-refractivity contribution in [1.82, 2.24) is 9.97 Å². The van der Waals surface area contributed by atoms with Crippen LogP contribution in [0.4, 0.5) is 0 Å². The number of ether oxygens (including phenoxy) is 3. The number of H-pyrrole nitrogens is 1. The molecule has 0 saturated carbocycles. The highest BCUT2D eigenvalue weighted by Gasteiger charge is 2.16. The van der Waals surface area contributed by atoms with E-state index in [1.165, 1.54) is 0 Å². The van der Waals surface area contributed by atoms with Gasteiger partial charge in [0, 0.05) is 22.0 Å². The van der Waals surface area contributed by atoms with Crippen LogP contribution < -0.4 is 19.8 Å². The molecule has 0 unspecified atom stereocenters. The number of methoxy groups -OCH3 is 3. The first-order valence-electron chi connectivity index (χ1n) is 8.79. The Labute approximate surface area is 161 Å². The Hall–Kier alpha value is -3.54. The highest BCUT2D eigenvalue weighted by atomic mass is 16.5. The smallest absolute Gasteiger partial charge is 0.274 e. The average molecular weight is 376 g/mol. The third-order valence-electron chi connectivity index (χ3n) is 4.80. The van der Waals surface area contributed by atoms with Crippen molar-refractivity contribution in [3.05, 3.63) is 58.5 Å². The predicted molar refractivity (Wildman–Crippen MR) is 110 cm³/mol. The molecule has 0 saturated heterocycles. The Balaban J connectivity index is 2.16. The van der Waals surface area contributed by atoms with E-state index in [0.29, 0.717) is 22.7 Å². The molecule has 2 aromatic heterocycles. The van der Waals surface area contributed by atoms with Crippen LogP contribution in [-0.2, 0) is 0 Å². The Morgan fingerprint density at radius 3 is 2.07 bits per heavy atom. The van der Waals surface area contributed by atoms with Gasteiger partial charge in [0.1, 0.15) is 11.3 Å². The van der Waals surface area contributed by atoms with Crippen molar-refractivity contribution in [2.45, 2.75) is 6.92 Å². The van der Waals surface area contributed by atoms with Crippen LogP contribution in [0.2, 0.25) is 0 Å². The van der Waals surface area contributed by atoms with Gasteiger partial charge in [-0.1, -0.05) is 0 Å². The standard InChI is InChI=1S/C22H20N2O4/c1-12-9-16-15-10-18(27-3)19(28-4)11-17(15)20(24-21(16)22(25)23-12)13-5-7-14(26-2)8-6-13/h5-11H,1-4H3,(H,23,25). The molecule has 0 aliphatic carbocycles. The summed E-state index contributed by atoms with van der Waals surface area (Å²) in [6, 6.07) is 13.3. The molecule has 0 fully saturated rings. The topological polar surface area (TPSA) is 73.4 Å². The van der Waals surface area contributed by atoms with Gasteiger partial charge in [-0.05, 0) is 54.8 Å². The van der Waals surface area contributed by atoms with Crippen molar-refractivity contribution in [3.63, 3.8) is 0 Å². The van der Waals surface area contributed by atoms with Crippen LogP contribution in [0, 0.1) is 6.92 Å². The molecule has 28 heavy (non-hydrogen) atoms. The first kappa shape index (κ1) is 17.9. The number of rotatable bonds is 4. The lowest BCUT2D eigenvalue weighted by Crippen LogP contribution is -2.10. The summed E-state index contributed by atoms with van der Waals surface area (Å²) in [5.41, 5.74) is 2.51. The van der Waals surface area contributed by atoms with Crippen LogP contribution in [0.25, 0.3) is 32.9 Å². The second-order valence-corrected chi connectivity index (χ2v) is 6.49.